The average Bonchev–Trinajstić information content (AvgIpc) is 2.37. The molecular weight excluding hydrogens is 268 g/mol. The van der Waals surface area contributed by atoms with E-state index in [0.29, 0.717) is 32.5 Å². The van der Waals surface area contributed by atoms with Gasteiger partial charge in [0.15, 0.2) is 0 Å². The maximum absolute atomic E-state index is 12.1. The molecule has 0 bridgehead atoms. The summed E-state index contributed by atoms with van der Waals surface area (Å²) in [6, 6.07) is 0. The summed E-state index contributed by atoms with van der Waals surface area (Å²) in [6.45, 7) is 7.05. The molecule has 0 aromatic heterocycles. The first-order valence-electron chi connectivity index (χ1n) is 6.78. The van der Waals surface area contributed by atoms with Gasteiger partial charge in [-0.25, -0.2) is 4.72 Å². The zero-order valence-corrected chi connectivity index (χ0v) is 12.7. The van der Waals surface area contributed by atoms with Gasteiger partial charge in [0.05, 0.1) is 12.5 Å². The molecule has 1 heterocycles. The van der Waals surface area contributed by atoms with E-state index in [1.54, 1.807) is 6.92 Å². The molecule has 7 heteroatoms. The largest absolute Gasteiger partial charge is 0.466 e. The summed E-state index contributed by atoms with van der Waals surface area (Å²) in [7, 11) is -3.48. The lowest BCUT2D eigenvalue weighted by Gasteiger charge is -2.30. The fourth-order valence-corrected chi connectivity index (χ4v) is 3.45. The minimum atomic E-state index is -3.48. The summed E-state index contributed by atoms with van der Waals surface area (Å²) in [6.07, 6.45) is 1.38. The van der Waals surface area contributed by atoms with E-state index in [9.17, 15) is 13.2 Å². The van der Waals surface area contributed by atoms with Crippen molar-refractivity contribution < 1.29 is 17.9 Å². The lowest BCUT2D eigenvalue weighted by molar-refractivity contribution is -0.149. The second-order valence-corrected chi connectivity index (χ2v) is 6.95. The molecular formula is C12H24N2O4S. The fourth-order valence-electron chi connectivity index (χ4n) is 1.98. The standard InChI is InChI=1S/C12H24N2O4S/c1-4-18-12(15)11-6-5-7-14(9-11)19(16,17)13-8-10(2)3/h10-11,13H,4-9H2,1-3H3/t11-/m1/s1. The Hall–Kier alpha value is -0.660. The van der Waals surface area contributed by atoms with Crippen LogP contribution in [0.25, 0.3) is 0 Å². The van der Waals surface area contributed by atoms with Crippen molar-refractivity contribution in [2.24, 2.45) is 11.8 Å². The zero-order chi connectivity index (χ0) is 14.5. The molecule has 1 N–H and O–H groups in total. The molecule has 1 aliphatic rings. The van der Waals surface area contributed by atoms with Crippen LogP contribution in [0.4, 0.5) is 0 Å². The predicted molar refractivity (Wildman–Crippen MR) is 72.7 cm³/mol. The predicted octanol–water partition coefficient (Wildman–Crippen LogP) is 0.752. The summed E-state index contributed by atoms with van der Waals surface area (Å²) in [5.41, 5.74) is 0. The third-order valence-electron chi connectivity index (χ3n) is 3.02. The van der Waals surface area contributed by atoms with E-state index in [1.165, 1.54) is 4.31 Å². The summed E-state index contributed by atoms with van der Waals surface area (Å²) >= 11 is 0. The van der Waals surface area contributed by atoms with E-state index in [2.05, 4.69) is 4.72 Å². The number of carbonyl (C=O) groups is 1. The molecule has 0 aromatic carbocycles. The molecule has 1 aliphatic heterocycles. The van der Waals surface area contributed by atoms with Crippen molar-refractivity contribution in [2.75, 3.05) is 26.2 Å². The monoisotopic (exact) mass is 292 g/mol. The number of hydrogen-bond acceptors (Lipinski definition) is 4. The molecule has 1 atom stereocenters. The SMILES string of the molecule is CCOC(=O)[C@@H]1CCCN(S(=O)(=O)NCC(C)C)C1. The van der Waals surface area contributed by atoms with Crippen molar-refractivity contribution in [3.05, 3.63) is 0 Å². The van der Waals surface area contributed by atoms with Gasteiger partial charge in [-0.1, -0.05) is 13.8 Å². The van der Waals surface area contributed by atoms with Crippen LogP contribution in [0, 0.1) is 11.8 Å². The topological polar surface area (TPSA) is 75.7 Å². The van der Waals surface area contributed by atoms with Crippen molar-refractivity contribution in [3.8, 4) is 0 Å². The molecule has 0 saturated carbocycles. The van der Waals surface area contributed by atoms with Crippen molar-refractivity contribution in [2.45, 2.75) is 33.6 Å². The highest BCUT2D eigenvalue weighted by molar-refractivity contribution is 7.87. The van der Waals surface area contributed by atoms with E-state index in [0.717, 1.165) is 0 Å². The summed E-state index contributed by atoms with van der Waals surface area (Å²) in [5, 5.41) is 0. The van der Waals surface area contributed by atoms with Crippen LogP contribution in [0.5, 0.6) is 0 Å². The van der Waals surface area contributed by atoms with Crippen molar-refractivity contribution in [1.82, 2.24) is 9.03 Å². The van der Waals surface area contributed by atoms with Gasteiger partial charge >= 0.3 is 5.97 Å². The molecule has 1 saturated heterocycles. The van der Waals surface area contributed by atoms with Crippen LogP contribution in [0.1, 0.15) is 33.6 Å². The molecule has 0 amide bonds. The van der Waals surface area contributed by atoms with Gasteiger partial charge in [-0.15, -0.1) is 0 Å². The van der Waals surface area contributed by atoms with Crippen molar-refractivity contribution in [1.29, 1.82) is 0 Å². The Morgan fingerprint density at radius 3 is 2.74 bits per heavy atom. The number of nitrogens with zero attached hydrogens (tertiary/aromatic N) is 1. The first-order chi connectivity index (χ1) is 8.86. The van der Waals surface area contributed by atoms with Gasteiger partial charge in [-0.3, -0.25) is 4.79 Å². The first-order valence-corrected chi connectivity index (χ1v) is 8.22. The molecule has 0 aliphatic carbocycles. The third kappa shape index (κ3) is 5.08. The summed E-state index contributed by atoms with van der Waals surface area (Å²) in [4.78, 5) is 11.7. The Bertz CT molecular complexity index is 395. The van der Waals surface area contributed by atoms with Gasteiger partial charge < -0.3 is 4.74 Å². The Labute approximate surface area is 115 Å². The first kappa shape index (κ1) is 16.4. The maximum Gasteiger partial charge on any atom is 0.310 e. The van der Waals surface area contributed by atoms with Crippen molar-refractivity contribution >= 4 is 16.2 Å². The fraction of sp³-hybridized carbons (Fsp3) is 0.917. The van der Waals surface area contributed by atoms with Crippen LogP contribution in [0.2, 0.25) is 0 Å². The minimum Gasteiger partial charge on any atom is -0.466 e. The molecule has 0 unspecified atom stereocenters. The summed E-state index contributed by atoms with van der Waals surface area (Å²) in [5.74, 6) is -0.393. The van der Waals surface area contributed by atoms with Crippen LogP contribution >= 0.6 is 0 Å². The Balaban J connectivity index is 2.60. The van der Waals surface area contributed by atoms with E-state index in [-0.39, 0.29) is 24.3 Å². The van der Waals surface area contributed by atoms with Crippen LogP contribution in [0.15, 0.2) is 0 Å². The smallest absolute Gasteiger partial charge is 0.310 e. The quantitative estimate of drug-likeness (QED) is 0.733. The lowest BCUT2D eigenvalue weighted by atomic mass is 10.0. The molecule has 19 heavy (non-hydrogen) atoms. The Kier molecular flexibility index (Phi) is 6.22. The molecule has 0 aromatic rings. The van der Waals surface area contributed by atoms with Crippen molar-refractivity contribution in [3.63, 3.8) is 0 Å². The van der Waals surface area contributed by atoms with Gasteiger partial charge in [0.2, 0.25) is 0 Å². The van der Waals surface area contributed by atoms with Gasteiger partial charge in [-0.2, -0.15) is 12.7 Å². The number of carbonyl (C=O) groups excluding carboxylic acids is 1. The molecule has 1 rings (SSSR count). The van der Waals surface area contributed by atoms with E-state index < -0.39 is 10.2 Å². The number of rotatable bonds is 6. The van der Waals surface area contributed by atoms with Gasteiger partial charge in [-0.05, 0) is 25.7 Å². The van der Waals surface area contributed by atoms with E-state index in [1.807, 2.05) is 13.8 Å². The Morgan fingerprint density at radius 2 is 2.16 bits per heavy atom. The van der Waals surface area contributed by atoms with Crippen LogP contribution in [-0.2, 0) is 19.7 Å². The molecule has 6 nitrogen and oxygen atoms in total. The second-order valence-electron chi connectivity index (χ2n) is 5.20. The average molecular weight is 292 g/mol. The van der Waals surface area contributed by atoms with Crippen LogP contribution < -0.4 is 4.72 Å². The van der Waals surface area contributed by atoms with Gasteiger partial charge in [0, 0.05) is 19.6 Å². The molecule has 0 spiro atoms. The number of nitrogens with one attached hydrogen (secondary N) is 1. The number of hydrogen-bond donors (Lipinski definition) is 1. The molecule has 112 valence electrons. The number of esters is 1. The van der Waals surface area contributed by atoms with E-state index in [4.69, 9.17) is 4.74 Å². The van der Waals surface area contributed by atoms with E-state index >= 15 is 0 Å². The summed E-state index contributed by atoms with van der Waals surface area (Å²) < 4.78 is 33.0. The maximum atomic E-state index is 12.1. The van der Waals surface area contributed by atoms with Gasteiger partial charge in [0.25, 0.3) is 10.2 Å². The van der Waals surface area contributed by atoms with Crippen LogP contribution in [-0.4, -0.2) is 44.9 Å². The number of ether oxygens (including phenoxy) is 1. The minimum absolute atomic E-state index is 0.215. The third-order valence-corrected chi connectivity index (χ3v) is 4.56. The highest BCUT2D eigenvalue weighted by Gasteiger charge is 2.32. The van der Waals surface area contributed by atoms with Gasteiger partial charge in [0.1, 0.15) is 0 Å². The highest BCUT2D eigenvalue weighted by Crippen LogP contribution is 2.19. The van der Waals surface area contributed by atoms with Crippen LogP contribution in [0.3, 0.4) is 0 Å². The second kappa shape index (κ2) is 7.21. The Morgan fingerprint density at radius 1 is 1.47 bits per heavy atom. The normalized spacial score (nSPS) is 21.6. The highest BCUT2D eigenvalue weighted by atomic mass is 32.2. The molecule has 1 fully saturated rings. The number of piperidine rings is 1. The zero-order valence-electron chi connectivity index (χ0n) is 11.9. The lowest BCUT2D eigenvalue weighted by Crippen LogP contribution is -2.48. The molecule has 0 radical (unpaired) electrons.